The maximum atomic E-state index is 5.36. The number of rotatable bonds is 8. The lowest BCUT2D eigenvalue weighted by Gasteiger charge is -2.15. The van der Waals surface area contributed by atoms with Gasteiger partial charge in [0.15, 0.2) is 11.5 Å². The molecular weight excluding hydrogens is 352 g/mol. The topological polar surface area (TPSA) is 68.3 Å². The zero-order valence-corrected chi connectivity index (χ0v) is 16.7. The van der Waals surface area contributed by atoms with Crippen LogP contribution in [0.3, 0.4) is 0 Å². The van der Waals surface area contributed by atoms with Gasteiger partial charge in [-0.25, -0.2) is 4.98 Å². The summed E-state index contributed by atoms with van der Waals surface area (Å²) in [5, 5.41) is 6.69. The van der Waals surface area contributed by atoms with Gasteiger partial charge in [0.2, 0.25) is 5.95 Å². The first-order valence-electron chi connectivity index (χ1n) is 9.38. The molecule has 0 atom stereocenters. The number of nitrogens with one attached hydrogen (secondary N) is 2. The van der Waals surface area contributed by atoms with Crippen molar-refractivity contribution >= 4 is 23.1 Å². The number of aryl methyl sites for hydroxylation is 2. The Balaban J connectivity index is 1.84. The van der Waals surface area contributed by atoms with E-state index in [0.717, 1.165) is 24.2 Å². The minimum atomic E-state index is 0.557. The van der Waals surface area contributed by atoms with Crippen LogP contribution in [-0.2, 0) is 12.8 Å². The van der Waals surface area contributed by atoms with E-state index in [1.165, 1.54) is 11.1 Å². The summed E-state index contributed by atoms with van der Waals surface area (Å²) in [4.78, 5) is 8.99. The SMILES string of the molecule is CCc1cccc(CC)c1Nc1nccc(Nc2ccc(OC)c(OC)c2)n1. The molecule has 3 aromatic rings. The summed E-state index contributed by atoms with van der Waals surface area (Å²) in [6.07, 6.45) is 3.62. The Morgan fingerprint density at radius 1 is 0.857 bits per heavy atom. The number of anilines is 4. The highest BCUT2D eigenvalue weighted by Crippen LogP contribution is 2.31. The minimum Gasteiger partial charge on any atom is -0.493 e. The molecule has 0 bridgehead atoms. The van der Waals surface area contributed by atoms with E-state index in [-0.39, 0.29) is 0 Å². The third kappa shape index (κ3) is 4.34. The molecule has 0 amide bonds. The van der Waals surface area contributed by atoms with Gasteiger partial charge in [-0.1, -0.05) is 32.0 Å². The Morgan fingerprint density at radius 2 is 1.57 bits per heavy atom. The highest BCUT2D eigenvalue weighted by atomic mass is 16.5. The van der Waals surface area contributed by atoms with Gasteiger partial charge in [-0.3, -0.25) is 0 Å². The number of hydrogen-bond acceptors (Lipinski definition) is 6. The molecule has 1 aromatic heterocycles. The molecule has 0 saturated heterocycles. The van der Waals surface area contributed by atoms with Gasteiger partial charge in [0, 0.05) is 23.6 Å². The van der Waals surface area contributed by atoms with Gasteiger partial charge in [-0.15, -0.1) is 0 Å². The molecule has 0 aliphatic carbocycles. The summed E-state index contributed by atoms with van der Waals surface area (Å²) < 4.78 is 10.6. The highest BCUT2D eigenvalue weighted by Gasteiger charge is 2.09. The molecule has 0 aliphatic heterocycles. The van der Waals surface area contributed by atoms with E-state index in [2.05, 4.69) is 52.6 Å². The van der Waals surface area contributed by atoms with Crippen molar-refractivity contribution in [1.82, 2.24) is 9.97 Å². The fourth-order valence-corrected chi connectivity index (χ4v) is 3.07. The Kier molecular flexibility index (Phi) is 6.32. The Bertz CT molecular complexity index is 921. The summed E-state index contributed by atoms with van der Waals surface area (Å²) in [5.74, 6) is 2.59. The molecule has 0 spiro atoms. The standard InChI is InChI=1S/C22H26N4O2/c1-5-15-8-7-9-16(6-2)21(15)26-22-23-13-12-20(25-22)24-17-10-11-18(27-3)19(14-17)28-4/h7-14H,5-6H2,1-4H3,(H2,23,24,25,26). The van der Waals surface area contributed by atoms with Gasteiger partial charge in [0.05, 0.1) is 14.2 Å². The van der Waals surface area contributed by atoms with Gasteiger partial charge in [0.1, 0.15) is 5.82 Å². The van der Waals surface area contributed by atoms with Crippen molar-refractivity contribution in [2.45, 2.75) is 26.7 Å². The molecule has 6 heteroatoms. The van der Waals surface area contributed by atoms with Crippen LogP contribution in [0.2, 0.25) is 0 Å². The lowest BCUT2D eigenvalue weighted by Crippen LogP contribution is -2.04. The van der Waals surface area contributed by atoms with Crippen LogP contribution in [0.15, 0.2) is 48.7 Å². The van der Waals surface area contributed by atoms with E-state index in [0.29, 0.717) is 23.3 Å². The first-order chi connectivity index (χ1) is 13.7. The second-order valence-corrected chi connectivity index (χ2v) is 6.24. The number of ether oxygens (including phenoxy) is 2. The second-order valence-electron chi connectivity index (χ2n) is 6.24. The number of hydrogen-bond donors (Lipinski definition) is 2. The first-order valence-corrected chi connectivity index (χ1v) is 9.38. The molecule has 2 N–H and O–H groups in total. The predicted molar refractivity (Wildman–Crippen MR) is 113 cm³/mol. The molecule has 3 rings (SSSR count). The van der Waals surface area contributed by atoms with E-state index >= 15 is 0 Å². The van der Waals surface area contributed by atoms with Gasteiger partial charge in [0.25, 0.3) is 0 Å². The molecule has 0 aliphatic rings. The van der Waals surface area contributed by atoms with Crippen molar-refractivity contribution in [2.24, 2.45) is 0 Å². The summed E-state index contributed by atoms with van der Waals surface area (Å²) in [5.41, 5.74) is 4.45. The van der Waals surface area contributed by atoms with Crippen molar-refractivity contribution in [3.05, 3.63) is 59.8 Å². The number of para-hydroxylation sites is 1. The van der Waals surface area contributed by atoms with Crippen LogP contribution in [0.25, 0.3) is 0 Å². The van der Waals surface area contributed by atoms with Crippen LogP contribution in [0, 0.1) is 0 Å². The Morgan fingerprint density at radius 3 is 2.21 bits per heavy atom. The summed E-state index contributed by atoms with van der Waals surface area (Å²) in [7, 11) is 3.23. The normalized spacial score (nSPS) is 10.4. The molecule has 0 saturated carbocycles. The van der Waals surface area contributed by atoms with Crippen molar-refractivity contribution in [1.29, 1.82) is 0 Å². The van der Waals surface area contributed by atoms with E-state index in [4.69, 9.17) is 9.47 Å². The summed E-state index contributed by atoms with van der Waals surface area (Å²) in [6, 6.07) is 13.8. The fourth-order valence-electron chi connectivity index (χ4n) is 3.07. The summed E-state index contributed by atoms with van der Waals surface area (Å²) >= 11 is 0. The molecular formula is C22H26N4O2. The molecule has 6 nitrogen and oxygen atoms in total. The van der Waals surface area contributed by atoms with Crippen molar-refractivity contribution < 1.29 is 9.47 Å². The minimum absolute atomic E-state index is 0.557. The third-order valence-corrected chi connectivity index (χ3v) is 4.55. The molecule has 0 radical (unpaired) electrons. The van der Waals surface area contributed by atoms with Crippen LogP contribution in [0.1, 0.15) is 25.0 Å². The molecule has 1 heterocycles. The highest BCUT2D eigenvalue weighted by molar-refractivity contribution is 5.66. The van der Waals surface area contributed by atoms with Gasteiger partial charge in [-0.05, 0) is 42.2 Å². The average molecular weight is 378 g/mol. The van der Waals surface area contributed by atoms with E-state index in [1.807, 2.05) is 24.3 Å². The molecule has 146 valence electrons. The van der Waals surface area contributed by atoms with Gasteiger partial charge < -0.3 is 20.1 Å². The number of aromatic nitrogens is 2. The van der Waals surface area contributed by atoms with Gasteiger partial charge >= 0.3 is 0 Å². The van der Waals surface area contributed by atoms with E-state index in [9.17, 15) is 0 Å². The second kappa shape index (κ2) is 9.08. The smallest absolute Gasteiger partial charge is 0.229 e. The van der Waals surface area contributed by atoms with Crippen LogP contribution in [-0.4, -0.2) is 24.2 Å². The quantitative estimate of drug-likeness (QED) is 0.568. The third-order valence-electron chi connectivity index (χ3n) is 4.55. The van der Waals surface area contributed by atoms with E-state index < -0.39 is 0 Å². The lowest BCUT2D eigenvalue weighted by atomic mass is 10.0. The fraction of sp³-hybridized carbons (Fsp3) is 0.273. The maximum Gasteiger partial charge on any atom is 0.229 e. The van der Waals surface area contributed by atoms with Crippen LogP contribution >= 0.6 is 0 Å². The van der Waals surface area contributed by atoms with Crippen LogP contribution < -0.4 is 20.1 Å². The number of nitrogens with zero attached hydrogens (tertiary/aromatic N) is 2. The predicted octanol–water partition coefficient (Wildman–Crippen LogP) is 5.11. The number of benzene rings is 2. The average Bonchev–Trinajstić information content (AvgIpc) is 2.74. The monoisotopic (exact) mass is 378 g/mol. The molecule has 0 unspecified atom stereocenters. The zero-order chi connectivity index (χ0) is 19.9. The molecule has 0 fully saturated rings. The Labute approximate surface area is 166 Å². The molecule has 28 heavy (non-hydrogen) atoms. The van der Waals surface area contributed by atoms with Crippen molar-refractivity contribution in [3.63, 3.8) is 0 Å². The largest absolute Gasteiger partial charge is 0.493 e. The van der Waals surface area contributed by atoms with Crippen molar-refractivity contribution in [2.75, 3.05) is 24.9 Å². The summed E-state index contributed by atoms with van der Waals surface area (Å²) in [6.45, 7) is 4.30. The maximum absolute atomic E-state index is 5.36. The lowest BCUT2D eigenvalue weighted by molar-refractivity contribution is 0.355. The zero-order valence-electron chi connectivity index (χ0n) is 16.7. The van der Waals surface area contributed by atoms with E-state index in [1.54, 1.807) is 20.4 Å². The number of methoxy groups -OCH3 is 2. The Hall–Kier alpha value is -3.28. The van der Waals surface area contributed by atoms with Crippen molar-refractivity contribution in [3.8, 4) is 11.5 Å². The van der Waals surface area contributed by atoms with Gasteiger partial charge in [-0.2, -0.15) is 4.98 Å². The van der Waals surface area contributed by atoms with Crippen LogP contribution in [0.4, 0.5) is 23.1 Å². The molecule has 2 aromatic carbocycles. The first kappa shape index (κ1) is 19.5. The van der Waals surface area contributed by atoms with Crippen LogP contribution in [0.5, 0.6) is 11.5 Å².